The summed E-state index contributed by atoms with van der Waals surface area (Å²) in [6, 6.07) is 18.0. The summed E-state index contributed by atoms with van der Waals surface area (Å²) in [5.74, 6) is -1.87. The zero-order valence-electron chi connectivity index (χ0n) is 12.3. The van der Waals surface area contributed by atoms with Crippen molar-refractivity contribution in [2.24, 2.45) is 0 Å². The van der Waals surface area contributed by atoms with Gasteiger partial charge in [0.1, 0.15) is 19.5 Å². The third-order valence-corrected chi connectivity index (χ3v) is 2.99. The Bertz CT molecular complexity index is 620. The molecule has 5 heteroatoms. The van der Waals surface area contributed by atoms with Crippen LogP contribution < -0.4 is 0 Å². The predicted octanol–water partition coefficient (Wildman–Crippen LogP) is 2.92. The monoisotopic (exact) mass is 312 g/mol. The molecular weight excluding hydrogens is 296 g/mol. The van der Waals surface area contributed by atoms with Crippen molar-refractivity contribution in [2.45, 2.75) is 13.2 Å². The van der Waals surface area contributed by atoms with E-state index in [9.17, 15) is 9.59 Å². The second-order valence-electron chi connectivity index (χ2n) is 4.67. The van der Waals surface area contributed by atoms with Gasteiger partial charge in [-0.2, -0.15) is 0 Å². The van der Waals surface area contributed by atoms with Crippen LogP contribution in [-0.4, -0.2) is 17.0 Å². The van der Waals surface area contributed by atoms with Gasteiger partial charge in [0, 0.05) is 0 Å². The highest BCUT2D eigenvalue weighted by atomic mass is 16.6. The summed E-state index contributed by atoms with van der Waals surface area (Å²) < 4.78 is 9.97. The van der Waals surface area contributed by atoms with Gasteiger partial charge in [0.25, 0.3) is 0 Å². The van der Waals surface area contributed by atoms with E-state index in [4.69, 9.17) is 14.6 Å². The normalized spacial score (nSPS) is 9.74. The molecule has 0 unspecified atom stereocenters. The Hall–Kier alpha value is -3.08. The van der Waals surface area contributed by atoms with Crippen LogP contribution in [0.1, 0.15) is 11.1 Å². The summed E-state index contributed by atoms with van der Waals surface area (Å²) in [7, 11) is 0. The number of rotatable bonds is 6. The number of carbonyl (C=O) groups is 2. The van der Waals surface area contributed by atoms with Gasteiger partial charge >= 0.3 is 11.9 Å². The first-order valence-corrected chi connectivity index (χ1v) is 6.97. The summed E-state index contributed by atoms with van der Waals surface area (Å²) in [6.07, 6.45) is 0.403. The van der Waals surface area contributed by atoms with Crippen LogP contribution in [0.4, 0.5) is 0 Å². The molecule has 0 saturated heterocycles. The fourth-order valence-corrected chi connectivity index (χ4v) is 1.79. The highest BCUT2D eigenvalue weighted by Gasteiger charge is 2.22. The maximum absolute atomic E-state index is 11.8. The fourth-order valence-electron chi connectivity index (χ4n) is 1.79. The lowest BCUT2D eigenvalue weighted by molar-refractivity contribution is -0.148. The highest BCUT2D eigenvalue weighted by molar-refractivity contribution is 6.13. The zero-order chi connectivity index (χ0) is 16.5. The van der Waals surface area contributed by atoms with Crippen molar-refractivity contribution in [3.63, 3.8) is 0 Å². The molecule has 0 heterocycles. The van der Waals surface area contributed by atoms with Crippen LogP contribution in [0.15, 0.2) is 72.5 Å². The van der Waals surface area contributed by atoms with Crippen molar-refractivity contribution in [3.05, 3.63) is 83.6 Å². The van der Waals surface area contributed by atoms with Crippen LogP contribution in [0.5, 0.6) is 0 Å². The van der Waals surface area contributed by atoms with Crippen molar-refractivity contribution >= 4 is 11.9 Å². The molecule has 2 rings (SSSR count). The molecule has 0 amide bonds. The van der Waals surface area contributed by atoms with E-state index in [1.54, 1.807) is 48.5 Å². The summed E-state index contributed by atoms with van der Waals surface area (Å²) in [4.78, 5) is 23.7. The molecule has 0 aliphatic rings. The Morgan fingerprint density at radius 3 is 1.52 bits per heavy atom. The van der Waals surface area contributed by atoms with E-state index in [-0.39, 0.29) is 13.2 Å². The summed E-state index contributed by atoms with van der Waals surface area (Å²) in [5, 5.41) is 9.10. The standard InChI is InChI=1S/C18H16O5/c19-11-16(17(20)22-12-14-7-3-1-4-8-14)18(21)23-13-15-9-5-2-6-10-15/h1-11,19H,12-13H2. The summed E-state index contributed by atoms with van der Waals surface area (Å²) in [5.41, 5.74) is 1.00. The van der Waals surface area contributed by atoms with Gasteiger partial charge in [0.2, 0.25) is 0 Å². The van der Waals surface area contributed by atoms with Crippen LogP contribution in [0.3, 0.4) is 0 Å². The third-order valence-electron chi connectivity index (χ3n) is 2.99. The lowest BCUT2D eigenvalue weighted by Gasteiger charge is -2.08. The van der Waals surface area contributed by atoms with Crippen LogP contribution in [0.25, 0.3) is 0 Å². The Morgan fingerprint density at radius 1 is 0.783 bits per heavy atom. The highest BCUT2D eigenvalue weighted by Crippen LogP contribution is 2.08. The minimum absolute atomic E-state index is 0.00295. The van der Waals surface area contributed by atoms with Gasteiger partial charge in [0.15, 0.2) is 5.57 Å². The number of aliphatic hydroxyl groups is 1. The number of carbonyl (C=O) groups excluding carboxylic acids is 2. The van der Waals surface area contributed by atoms with E-state index >= 15 is 0 Å². The first-order valence-electron chi connectivity index (χ1n) is 6.97. The molecule has 0 spiro atoms. The molecule has 2 aromatic rings. The molecule has 0 aliphatic carbocycles. The number of hydrogen-bond donors (Lipinski definition) is 1. The molecule has 0 bridgehead atoms. The van der Waals surface area contributed by atoms with Crippen molar-refractivity contribution < 1.29 is 24.2 Å². The molecule has 1 N–H and O–H groups in total. The average Bonchev–Trinajstić information content (AvgIpc) is 2.60. The lowest BCUT2D eigenvalue weighted by atomic mass is 10.2. The Balaban J connectivity index is 1.88. The molecular formula is C18H16O5. The number of aliphatic hydroxyl groups excluding tert-OH is 1. The van der Waals surface area contributed by atoms with E-state index in [1.807, 2.05) is 12.1 Å². The number of benzene rings is 2. The Morgan fingerprint density at radius 2 is 1.17 bits per heavy atom. The Labute approximate surface area is 133 Å². The molecule has 23 heavy (non-hydrogen) atoms. The molecule has 0 saturated carbocycles. The van der Waals surface area contributed by atoms with Gasteiger partial charge in [-0.3, -0.25) is 0 Å². The number of ether oxygens (including phenoxy) is 2. The molecule has 0 radical (unpaired) electrons. The van der Waals surface area contributed by atoms with E-state index in [2.05, 4.69) is 0 Å². The SMILES string of the molecule is O=C(OCc1ccccc1)C(=CO)C(=O)OCc1ccccc1. The largest absolute Gasteiger partial charge is 0.514 e. The fraction of sp³-hybridized carbons (Fsp3) is 0.111. The van der Waals surface area contributed by atoms with Crippen LogP contribution >= 0.6 is 0 Å². The van der Waals surface area contributed by atoms with Gasteiger partial charge < -0.3 is 14.6 Å². The molecule has 0 fully saturated rings. The molecule has 0 aliphatic heterocycles. The van der Waals surface area contributed by atoms with E-state index < -0.39 is 17.5 Å². The number of esters is 2. The average molecular weight is 312 g/mol. The molecule has 0 aromatic heterocycles. The lowest BCUT2D eigenvalue weighted by Crippen LogP contribution is -2.18. The van der Waals surface area contributed by atoms with Gasteiger partial charge in [-0.05, 0) is 11.1 Å². The van der Waals surface area contributed by atoms with Crippen molar-refractivity contribution in [3.8, 4) is 0 Å². The van der Waals surface area contributed by atoms with E-state index in [0.717, 1.165) is 11.1 Å². The quantitative estimate of drug-likeness (QED) is 0.292. The topological polar surface area (TPSA) is 72.8 Å². The zero-order valence-corrected chi connectivity index (χ0v) is 12.3. The minimum Gasteiger partial charge on any atom is -0.514 e. The van der Waals surface area contributed by atoms with Gasteiger partial charge in [0.05, 0.1) is 0 Å². The molecule has 118 valence electrons. The molecule has 5 nitrogen and oxygen atoms in total. The second kappa shape index (κ2) is 8.38. The Kier molecular flexibility index (Phi) is 5.94. The van der Waals surface area contributed by atoms with Gasteiger partial charge in [-0.25, -0.2) is 9.59 Å². The first-order chi connectivity index (χ1) is 11.2. The maximum Gasteiger partial charge on any atom is 0.349 e. The van der Waals surface area contributed by atoms with Gasteiger partial charge in [-0.15, -0.1) is 0 Å². The van der Waals surface area contributed by atoms with Crippen molar-refractivity contribution in [1.29, 1.82) is 0 Å². The van der Waals surface area contributed by atoms with Crippen LogP contribution in [0.2, 0.25) is 0 Å². The second-order valence-corrected chi connectivity index (χ2v) is 4.67. The summed E-state index contributed by atoms with van der Waals surface area (Å²) >= 11 is 0. The summed E-state index contributed by atoms with van der Waals surface area (Å²) in [6.45, 7) is 0.00591. The minimum atomic E-state index is -0.936. The van der Waals surface area contributed by atoms with E-state index in [0.29, 0.717) is 6.26 Å². The number of hydrogen-bond acceptors (Lipinski definition) is 5. The molecule has 0 atom stereocenters. The van der Waals surface area contributed by atoms with Crippen molar-refractivity contribution in [2.75, 3.05) is 0 Å². The maximum atomic E-state index is 11.8. The predicted molar refractivity (Wildman–Crippen MR) is 83.2 cm³/mol. The van der Waals surface area contributed by atoms with Gasteiger partial charge in [-0.1, -0.05) is 60.7 Å². The molecule has 2 aromatic carbocycles. The van der Waals surface area contributed by atoms with Crippen molar-refractivity contribution in [1.82, 2.24) is 0 Å². The first kappa shape index (κ1) is 16.3. The smallest absolute Gasteiger partial charge is 0.349 e. The van der Waals surface area contributed by atoms with Crippen LogP contribution in [0, 0.1) is 0 Å². The van der Waals surface area contributed by atoms with E-state index in [1.165, 1.54) is 0 Å². The third kappa shape index (κ3) is 5.00. The van der Waals surface area contributed by atoms with Crippen LogP contribution in [-0.2, 0) is 32.3 Å².